The van der Waals surface area contributed by atoms with Gasteiger partial charge in [0.1, 0.15) is 5.15 Å². The van der Waals surface area contributed by atoms with E-state index in [2.05, 4.69) is 62.3 Å². The predicted molar refractivity (Wildman–Crippen MR) is 155 cm³/mol. The van der Waals surface area contributed by atoms with Gasteiger partial charge < -0.3 is 20.0 Å². The Balaban J connectivity index is 1.16. The first-order chi connectivity index (χ1) is 18.8. The van der Waals surface area contributed by atoms with Crippen LogP contribution in [0.4, 0.5) is 4.79 Å². The molecule has 3 heterocycles. The van der Waals surface area contributed by atoms with Crippen molar-refractivity contribution in [3.8, 4) is 0 Å². The fraction of sp³-hybridized carbons (Fsp3) is 0.581. The molecule has 1 aromatic carbocycles. The Morgan fingerprint density at radius 1 is 1.08 bits per heavy atom. The normalized spacial score (nSPS) is 22.1. The van der Waals surface area contributed by atoms with Crippen molar-refractivity contribution in [1.29, 1.82) is 0 Å². The highest BCUT2D eigenvalue weighted by Gasteiger charge is 2.45. The zero-order valence-electron chi connectivity index (χ0n) is 23.5. The van der Waals surface area contributed by atoms with Crippen LogP contribution in [0, 0.1) is 13.8 Å². The maximum atomic E-state index is 13.8. The molecular weight excluding hydrogens is 510 g/mol. The summed E-state index contributed by atoms with van der Waals surface area (Å²) < 4.78 is 0. The molecular formula is C31H42ClN5O2. The molecule has 2 atom stereocenters. The SMILES string of the molecule is Cc1cc(Cl)nc(C)c1C(=O)NCCC(C)N1CCC(N2C(=O)N(C3CCCC3)C[C@H]2c2ccccc2)CC1. The monoisotopic (exact) mass is 551 g/mol. The van der Waals surface area contributed by atoms with Gasteiger partial charge in [-0.2, -0.15) is 0 Å². The molecule has 2 saturated heterocycles. The lowest BCUT2D eigenvalue weighted by molar-refractivity contribution is 0.0882. The zero-order chi connectivity index (χ0) is 27.5. The standard InChI is InChI=1S/C31H42ClN5O2/c1-21-19-28(32)34-23(3)29(21)30(38)33-16-13-22(2)35-17-14-26(15-18-35)37-27(24-9-5-4-6-10-24)20-36(31(37)39)25-11-7-8-12-25/h4-6,9-10,19,22,25-27H,7-8,11-18,20H2,1-3H3,(H,33,38)/t22?,27-/m0/s1. The molecule has 0 spiro atoms. The maximum absolute atomic E-state index is 13.8. The third kappa shape index (κ3) is 6.09. The number of carbonyl (C=O) groups is 2. The number of halogens is 1. The lowest BCUT2D eigenvalue weighted by Gasteiger charge is -2.41. The third-order valence-corrected chi connectivity index (χ3v) is 9.27. The lowest BCUT2D eigenvalue weighted by Crippen LogP contribution is -2.50. The first kappa shape index (κ1) is 27.9. The molecule has 5 rings (SSSR count). The van der Waals surface area contributed by atoms with Gasteiger partial charge in [-0.25, -0.2) is 9.78 Å². The number of aryl methyl sites for hydroxylation is 2. The number of carbonyl (C=O) groups excluding carboxylic acids is 2. The van der Waals surface area contributed by atoms with Crippen LogP contribution < -0.4 is 5.32 Å². The van der Waals surface area contributed by atoms with Gasteiger partial charge in [0, 0.05) is 44.3 Å². The second kappa shape index (κ2) is 12.3. The van der Waals surface area contributed by atoms with Gasteiger partial charge in [0.25, 0.3) is 5.91 Å². The number of pyridine rings is 1. The van der Waals surface area contributed by atoms with Gasteiger partial charge in [-0.3, -0.25) is 4.79 Å². The van der Waals surface area contributed by atoms with Crippen LogP contribution in [-0.4, -0.2) is 75.9 Å². The summed E-state index contributed by atoms with van der Waals surface area (Å²) in [7, 11) is 0. The number of aromatic nitrogens is 1. The molecule has 0 radical (unpaired) electrons. The van der Waals surface area contributed by atoms with Crippen LogP contribution in [0.5, 0.6) is 0 Å². The van der Waals surface area contributed by atoms with Crippen molar-refractivity contribution in [1.82, 2.24) is 25.0 Å². The highest BCUT2D eigenvalue weighted by Crippen LogP contribution is 2.38. The first-order valence-corrected chi connectivity index (χ1v) is 15.0. The summed E-state index contributed by atoms with van der Waals surface area (Å²) in [6, 6.07) is 13.7. The maximum Gasteiger partial charge on any atom is 0.321 e. The van der Waals surface area contributed by atoms with Crippen LogP contribution in [-0.2, 0) is 0 Å². The van der Waals surface area contributed by atoms with Crippen molar-refractivity contribution in [2.24, 2.45) is 0 Å². The van der Waals surface area contributed by atoms with Crippen molar-refractivity contribution in [2.45, 2.75) is 89.9 Å². The Morgan fingerprint density at radius 2 is 1.77 bits per heavy atom. The van der Waals surface area contributed by atoms with Gasteiger partial charge in [0.05, 0.1) is 17.3 Å². The van der Waals surface area contributed by atoms with Crippen molar-refractivity contribution in [3.05, 3.63) is 63.9 Å². The smallest absolute Gasteiger partial charge is 0.321 e. The van der Waals surface area contributed by atoms with Crippen molar-refractivity contribution in [2.75, 3.05) is 26.2 Å². The van der Waals surface area contributed by atoms with E-state index in [-0.39, 0.29) is 24.0 Å². The number of nitrogens with one attached hydrogen (secondary N) is 1. The minimum Gasteiger partial charge on any atom is -0.352 e. The molecule has 0 bridgehead atoms. The molecule has 3 fully saturated rings. The molecule has 8 heteroatoms. The molecule has 3 amide bonds. The molecule has 7 nitrogen and oxygen atoms in total. The van der Waals surface area contributed by atoms with E-state index < -0.39 is 0 Å². The number of rotatable bonds is 8. The van der Waals surface area contributed by atoms with E-state index in [9.17, 15) is 9.59 Å². The van der Waals surface area contributed by atoms with Gasteiger partial charge in [0.15, 0.2) is 0 Å². The Bertz CT molecular complexity index is 1140. The van der Waals surface area contributed by atoms with Gasteiger partial charge in [0.2, 0.25) is 0 Å². The van der Waals surface area contributed by atoms with Crippen LogP contribution in [0.25, 0.3) is 0 Å². The largest absolute Gasteiger partial charge is 0.352 e. The minimum absolute atomic E-state index is 0.0913. The number of nitrogens with zero attached hydrogens (tertiary/aromatic N) is 4. The summed E-state index contributed by atoms with van der Waals surface area (Å²) >= 11 is 6.02. The Morgan fingerprint density at radius 3 is 2.44 bits per heavy atom. The van der Waals surface area contributed by atoms with E-state index in [0.29, 0.717) is 35.0 Å². The Hall–Kier alpha value is -2.64. The minimum atomic E-state index is -0.0913. The molecule has 1 aliphatic carbocycles. The highest BCUT2D eigenvalue weighted by molar-refractivity contribution is 6.29. The van der Waals surface area contributed by atoms with Crippen LogP contribution in [0.1, 0.15) is 85.1 Å². The Kier molecular flexibility index (Phi) is 8.77. The van der Waals surface area contributed by atoms with Crippen molar-refractivity contribution >= 4 is 23.5 Å². The number of hydrogen-bond donors (Lipinski definition) is 1. The Labute approximate surface area is 237 Å². The summed E-state index contributed by atoms with van der Waals surface area (Å²) in [6.07, 6.45) is 7.59. The van der Waals surface area contributed by atoms with E-state index in [1.54, 1.807) is 6.07 Å². The van der Waals surface area contributed by atoms with E-state index in [1.807, 2.05) is 13.8 Å². The number of hydrogen-bond acceptors (Lipinski definition) is 4. The highest BCUT2D eigenvalue weighted by atomic mass is 35.5. The van der Waals surface area contributed by atoms with Crippen LogP contribution >= 0.6 is 11.6 Å². The number of likely N-dealkylation sites (tertiary alicyclic amines) is 1. The van der Waals surface area contributed by atoms with Crippen LogP contribution in [0.2, 0.25) is 5.15 Å². The molecule has 2 aliphatic heterocycles. The van der Waals surface area contributed by atoms with Crippen molar-refractivity contribution < 1.29 is 9.59 Å². The van der Waals surface area contributed by atoms with E-state index >= 15 is 0 Å². The second-order valence-electron chi connectivity index (χ2n) is 11.6. The first-order valence-electron chi connectivity index (χ1n) is 14.6. The van der Waals surface area contributed by atoms with Gasteiger partial charge in [-0.05, 0) is 70.1 Å². The number of piperidine rings is 1. The van der Waals surface area contributed by atoms with E-state index in [0.717, 1.165) is 57.3 Å². The van der Waals surface area contributed by atoms with Gasteiger partial charge in [-0.1, -0.05) is 54.8 Å². The average Bonchev–Trinajstić information content (AvgIpc) is 3.56. The summed E-state index contributed by atoms with van der Waals surface area (Å²) in [5.74, 6) is -0.0913. The van der Waals surface area contributed by atoms with Crippen molar-refractivity contribution in [3.63, 3.8) is 0 Å². The predicted octanol–water partition coefficient (Wildman–Crippen LogP) is 5.75. The molecule has 2 aromatic rings. The number of benzene rings is 1. The van der Waals surface area contributed by atoms with Crippen LogP contribution in [0.15, 0.2) is 36.4 Å². The molecule has 210 valence electrons. The quantitative estimate of drug-likeness (QED) is 0.424. The molecule has 3 aliphatic rings. The third-order valence-electron chi connectivity index (χ3n) is 9.08. The average molecular weight is 552 g/mol. The molecule has 39 heavy (non-hydrogen) atoms. The van der Waals surface area contributed by atoms with Gasteiger partial charge >= 0.3 is 6.03 Å². The molecule has 1 aromatic heterocycles. The summed E-state index contributed by atoms with van der Waals surface area (Å²) in [6.45, 7) is 9.30. The summed E-state index contributed by atoms with van der Waals surface area (Å²) in [4.78, 5) is 37.7. The lowest BCUT2D eigenvalue weighted by atomic mass is 9.98. The van der Waals surface area contributed by atoms with E-state index in [1.165, 1.54) is 18.4 Å². The topological polar surface area (TPSA) is 68.8 Å². The van der Waals surface area contributed by atoms with Crippen LogP contribution in [0.3, 0.4) is 0 Å². The second-order valence-corrected chi connectivity index (χ2v) is 12.0. The van der Waals surface area contributed by atoms with Gasteiger partial charge in [-0.15, -0.1) is 0 Å². The number of urea groups is 1. The zero-order valence-corrected chi connectivity index (χ0v) is 24.3. The summed E-state index contributed by atoms with van der Waals surface area (Å²) in [5.41, 5.74) is 3.36. The number of amides is 3. The fourth-order valence-corrected chi connectivity index (χ4v) is 7.20. The summed E-state index contributed by atoms with van der Waals surface area (Å²) in [5, 5.41) is 3.49. The molecule has 1 saturated carbocycles. The van der Waals surface area contributed by atoms with E-state index in [4.69, 9.17) is 11.6 Å². The fourth-order valence-electron chi connectivity index (χ4n) is 6.91. The molecule has 1 N–H and O–H groups in total. The molecule has 1 unspecified atom stereocenters.